The van der Waals surface area contributed by atoms with Crippen LogP contribution in [-0.4, -0.2) is 41.1 Å². The highest BCUT2D eigenvalue weighted by Gasteiger charge is 2.22. The van der Waals surface area contributed by atoms with Crippen LogP contribution in [0.3, 0.4) is 0 Å². The molecule has 28 heavy (non-hydrogen) atoms. The lowest BCUT2D eigenvalue weighted by Gasteiger charge is -2.26. The number of hydrogen-bond donors (Lipinski definition) is 2. The molecule has 0 saturated carbocycles. The van der Waals surface area contributed by atoms with Crippen LogP contribution in [0.15, 0.2) is 53.4 Å². The van der Waals surface area contributed by atoms with Gasteiger partial charge in [0, 0.05) is 31.2 Å². The zero-order valence-electron chi connectivity index (χ0n) is 16.8. The molecule has 0 aromatic heterocycles. The first-order chi connectivity index (χ1) is 13.2. The second-order valence-corrected chi connectivity index (χ2v) is 9.12. The molecule has 0 bridgehead atoms. The van der Waals surface area contributed by atoms with E-state index in [1.54, 1.807) is 12.1 Å². The Morgan fingerprint density at radius 1 is 1.11 bits per heavy atom. The van der Waals surface area contributed by atoms with Gasteiger partial charge in [0.05, 0.1) is 11.5 Å². The Labute approximate surface area is 167 Å². The van der Waals surface area contributed by atoms with Gasteiger partial charge in [0.1, 0.15) is 0 Å². The molecule has 0 atom stereocenters. The fraction of sp³-hybridized carbons (Fsp3) is 0.381. The summed E-state index contributed by atoms with van der Waals surface area (Å²) in [4.78, 5) is 12.6. The van der Waals surface area contributed by atoms with E-state index in [0.717, 1.165) is 11.1 Å². The minimum absolute atomic E-state index is 0.0502. The first-order valence-electron chi connectivity index (χ1n) is 9.10. The highest BCUT2D eigenvalue weighted by molar-refractivity contribution is 7.89. The average Bonchev–Trinajstić information content (AvgIpc) is 2.66. The summed E-state index contributed by atoms with van der Waals surface area (Å²) in [5, 5.41) is 2.91. The van der Waals surface area contributed by atoms with Crippen molar-refractivity contribution < 1.29 is 17.9 Å². The van der Waals surface area contributed by atoms with Crippen LogP contribution in [-0.2, 0) is 20.2 Å². The highest BCUT2D eigenvalue weighted by atomic mass is 32.2. The number of benzene rings is 2. The molecule has 0 radical (unpaired) electrons. The lowest BCUT2D eigenvalue weighted by atomic mass is 9.84. The fourth-order valence-electron chi connectivity index (χ4n) is 2.74. The van der Waals surface area contributed by atoms with Crippen molar-refractivity contribution in [1.29, 1.82) is 0 Å². The zero-order valence-corrected chi connectivity index (χ0v) is 17.6. The summed E-state index contributed by atoms with van der Waals surface area (Å²) in [5.41, 5.74) is 2.34. The van der Waals surface area contributed by atoms with Crippen LogP contribution in [0.5, 0.6) is 0 Å². The van der Waals surface area contributed by atoms with Gasteiger partial charge in [-0.15, -0.1) is 0 Å². The van der Waals surface area contributed by atoms with E-state index in [2.05, 4.69) is 30.0 Å². The Bertz CT molecular complexity index is 924. The molecule has 0 saturated heterocycles. The molecule has 0 unspecified atom stereocenters. The third-order valence-corrected chi connectivity index (χ3v) is 5.95. The van der Waals surface area contributed by atoms with Crippen molar-refractivity contribution >= 4 is 15.9 Å². The van der Waals surface area contributed by atoms with E-state index in [1.807, 2.05) is 25.1 Å². The Morgan fingerprint density at radius 2 is 1.82 bits per heavy atom. The summed E-state index contributed by atoms with van der Waals surface area (Å²) < 4.78 is 31.9. The number of carbonyl (C=O) groups excluding carboxylic acids is 1. The van der Waals surface area contributed by atoms with Crippen LogP contribution >= 0.6 is 0 Å². The van der Waals surface area contributed by atoms with Gasteiger partial charge in [-0.05, 0) is 30.7 Å². The van der Waals surface area contributed by atoms with Crippen molar-refractivity contribution in [2.45, 2.75) is 31.1 Å². The number of nitrogens with one attached hydrogen (secondary N) is 2. The molecule has 2 rings (SSSR count). The summed E-state index contributed by atoms with van der Waals surface area (Å²) >= 11 is 0. The minimum Gasteiger partial charge on any atom is -0.383 e. The number of rotatable bonds is 9. The standard InChI is InChI=1S/C21H28N2O4S/c1-16-7-5-9-18(13-16)21(2,3)15-22-20(24)17-8-6-10-19(14-17)28(25,26)23-11-12-27-4/h5-10,13-14,23H,11-12,15H2,1-4H3,(H,22,24). The molecule has 2 aromatic carbocycles. The summed E-state index contributed by atoms with van der Waals surface area (Å²) in [6.07, 6.45) is 0. The van der Waals surface area contributed by atoms with E-state index >= 15 is 0 Å². The quantitative estimate of drug-likeness (QED) is 0.629. The van der Waals surface area contributed by atoms with E-state index in [0.29, 0.717) is 12.1 Å². The predicted octanol–water partition coefficient (Wildman–Crippen LogP) is 2.63. The molecule has 0 aliphatic rings. The molecule has 2 aromatic rings. The number of methoxy groups -OCH3 is 1. The maximum absolute atomic E-state index is 12.6. The van der Waals surface area contributed by atoms with E-state index < -0.39 is 10.0 Å². The van der Waals surface area contributed by atoms with Crippen molar-refractivity contribution in [2.24, 2.45) is 0 Å². The van der Waals surface area contributed by atoms with E-state index in [1.165, 1.54) is 19.2 Å². The number of sulfonamides is 1. The van der Waals surface area contributed by atoms with Crippen LogP contribution in [0.2, 0.25) is 0 Å². The Hall–Kier alpha value is -2.22. The number of hydrogen-bond acceptors (Lipinski definition) is 4. The van der Waals surface area contributed by atoms with Gasteiger partial charge in [0.2, 0.25) is 10.0 Å². The molecule has 1 amide bonds. The van der Waals surface area contributed by atoms with Gasteiger partial charge < -0.3 is 10.1 Å². The van der Waals surface area contributed by atoms with Crippen molar-refractivity contribution in [3.05, 3.63) is 65.2 Å². The molecule has 0 aliphatic carbocycles. The average molecular weight is 405 g/mol. The van der Waals surface area contributed by atoms with Crippen molar-refractivity contribution in [3.63, 3.8) is 0 Å². The summed E-state index contributed by atoms with van der Waals surface area (Å²) in [7, 11) is -2.19. The molecule has 0 fully saturated rings. The van der Waals surface area contributed by atoms with Gasteiger partial charge in [-0.2, -0.15) is 0 Å². The van der Waals surface area contributed by atoms with Gasteiger partial charge in [0.25, 0.3) is 5.91 Å². The van der Waals surface area contributed by atoms with Crippen LogP contribution < -0.4 is 10.0 Å². The van der Waals surface area contributed by atoms with E-state index in [4.69, 9.17) is 4.74 Å². The van der Waals surface area contributed by atoms with Crippen molar-refractivity contribution in [3.8, 4) is 0 Å². The number of amides is 1. The second-order valence-electron chi connectivity index (χ2n) is 7.35. The predicted molar refractivity (Wildman–Crippen MR) is 110 cm³/mol. The summed E-state index contributed by atoms with van der Waals surface area (Å²) in [6.45, 7) is 7.02. The maximum atomic E-state index is 12.6. The summed E-state index contributed by atoms with van der Waals surface area (Å²) in [6, 6.07) is 14.2. The van der Waals surface area contributed by atoms with Gasteiger partial charge >= 0.3 is 0 Å². The largest absolute Gasteiger partial charge is 0.383 e. The monoisotopic (exact) mass is 404 g/mol. The van der Waals surface area contributed by atoms with Crippen molar-refractivity contribution in [1.82, 2.24) is 10.0 Å². The first-order valence-corrected chi connectivity index (χ1v) is 10.6. The Balaban J connectivity index is 2.08. The SMILES string of the molecule is COCCNS(=O)(=O)c1cccc(C(=O)NCC(C)(C)c2cccc(C)c2)c1. The second kappa shape index (κ2) is 9.32. The number of aryl methyl sites for hydroxylation is 1. The summed E-state index contributed by atoms with van der Waals surface area (Å²) in [5.74, 6) is -0.310. The molecular weight excluding hydrogens is 376 g/mol. The normalized spacial score (nSPS) is 12.0. The molecule has 0 heterocycles. The molecule has 152 valence electrons. The van der Waals surface area contributed by atoms with Crippen LogP contribution in [0.1, 0.15) is 35.3 Å². The molecule has 0 spiro atoms. The van der Waals surface area contributed by atoms with Crippen LogP contribution in [0, 0.1) is 6.92 Å². The molecule has 7 heteroatoms. The molecule has 6 nitrogen and oxygen atoms in total. The van der Waals surface area contributed by atoms with Crippen LogP contribution in [0.25, 0.3) is 0 Å². The zero-order chi connectivity index (χ0) is 20.8. The van der Waals surface area contributed by atoms with Gasteiger partial charge in [-0.25, -0.2) is 13.1 Å². The lowest BCUT2D eigenvalue weighted by molar-refractivity contribution is 0.0945. The Morgan fingerprint density at radius 3 is 2.50 bits per heavy atom. The Kier molecular flexibility index (Phi) is 7.35. The highest BCUT2D eigenvalue weighted by Crippen LogP contribution is 2.23. The maximum Gasteiger partial charge on any atom is 0.251 e. The first kappa shape index (κ1) is 22.1. The lowest BCUT2D eigenvalue weighted by Crippen LogP contribution is -2.36. The third-order valence-electron chi connectivity index (χ3n) is 4.50. The number of carbonyl (C=O) groups is 1. The molecule has 2 N–H and O–H groups in total. The van der Waals surface area contributed by atoms with E-state index in [9.17, 15) is 13.2 Å². The van der Waals surface area contributed by atoms with Gasteiger partial charge in [-0.3, -0.25) is 4.79 Å². The number of ether oxygens (including phenoxy) is 1. The minimum atomic E-state index is -3.69. The van der Waals surface area contributed by atoms with E-state index in [-0.39, 0.29) is 29.4 Å². The van der Waals surface area contributed by atoms with Gasteiger partial charge in [-0.1, -0.05) is 49.7 Å². The smallest absolute Gasteiger partial charge is 0.251 e. The fourth-order valence-corrected chi connectivity index (χ4v) is 3.80. The molecular formula is C21H28N2O4S. The van der Waals surface area contributed by atoms with Crippen LogP contribution in [0.4, 0.5) is 0 Å². The topological polar surface area (TPSA) is 84.5 Å². The van der Waals surface area contributed by atoms with Gasteiger partial charge in [0.15, 0.2) is 0 Å². The van der Waals surface area contributed by atoms with Crippen molar-refractivity contribution in [2.75, 3.05) is 26.8 Å². The molecule has 0 aliphatic heterocycles. The third kappa shape index (κ3) is 5.89.